The molecule has 0 unspecified atom stereocenters. The van der Waals surface area contributed by atoms with Gasteiger partial charge in [0.05, 0.1) is 13.5 Å². The van der Waals surface area contributed by atoms with Crippen LogP contribution < -0.4 is 4.74 Å². The zero-order valence-corrected chi connectivity index (χ0v) is 16.0. The monoisotopic (exact) mass is 402 g/mol. The second kappa shape index (κ2) is 9.77. The van der Waals surface area contributed by atoms with Crippen molar-refractivity contribution in [1.82, 2.24) is 9.80 Å². The molecule has 0 aromatic heterocycles. The van der Waals surface area contributed by atoms with Crippen LogP contribution >= 0.6 is 0 Å². The molecule has 1 fully saturated rings. The summed E-state index contributed by atoms with van der Waals surface area (Å²) in [4.78, 5) is 27.6. The molecule has 28 heavy (non-hydrogen) atoms. The molecular weight excluding hydrogens is 377 g/mol. The van der Waals surface area contributed by atoms with Crippen LogP contribution in [0.4, 0.5) is 13.2 Å². The van der Waals surface area contributed by atoms with Crippen molar-refractivity contribution in [3.8, 4) is 5.75 Å². The first-order valence-corrected chi connectivity index (χ1v) is 9.12. The van der Waals surface area contributed by atoms with E-state index in [0.717, 1.165) is 0 Å². The van der Waals surface area contributed by atoms with E-state index in [1.807, 2.05) is 6.92 Å². The topological polar surface area (TPSA) is 59.1 Å². The summed E-state index contributed by atoms with van der Waals surface area (Å²) in [7, 11) is 1.35. The Balaban J connectivity index is 1.83. The molecule has 1 aromatic rings. The van der Waals surface area contributed by atoms with Gasteiger partial charge in [-0.1, -0.05) is 18.2 Å². The maximum absolute atomic E-state index is 12.5. The third kappa shape index (κ3) is 6.70. The molecule has 1 aliphatic rings. The van der Waals surface area contributed by atoms with E-state index in [4.69, 9.17) is 0 Å². The first-order chi connectivity index (χ1) is 13.2. The summed E-state index contributed by atoms with van der Waals surface area (Å²) < 4.78 is 46.1. The molecule has 9 heteroatoms. The zero-order valence-electron chi connectivity index (χ0n) is 16.0. The van der Waals surface area contributed by atoms with Crippen LogP contribution in [0.1, 0.15) is 25.3 Å². The number of hydrogen-bond acceptors (Lipinski definition) is 5. The first-order valence-electron chi connectivity index (χ1n) is 9.12. The van der Waals surface area contributed by atoms with Gasteiger partial charge in [-0.05, 0) is 25.0 Å². The number of para-hydroxylation sites is 1. The fourth-order valence-corrected chi connectivity index (χ4v) is 3.20. The molecule has 0 saturated carbocycles. The number of aryl methyl sites for hydroxylation is 1. The van der Waals surface area contributed by atoms with Gasteiger partial charge in [0, 0.05) is 38.6 Å². The van der Waals surface area contributed by atoms with E-state index in [1.54, 1.807) is 11.0 Å². The molecule has 1 saturated heterocycles. The second-order valence-electron chi connectivity index (χ2n) is 6.70. The Bertz CT molecular complexity index is 673. The summed E-state index contributed by atoms with van der Waals surface area (Å²) in [5, 5.41) is 0. The number of halogens is 3. The summed E-state index contributed by atoms with van der Waals surface area (Å²) in [5.41, 5.74) is 0.346. The van der Waals surface area contributed by atoms with Gasteiger partial charge in [-0.2, -0.15) is 0 Å². The lowest BCUT2D eigenvalue weighted by Crippen LogP contribution is -2.51. The van der Waals surface area contributed by atoms with Crippen LogP contribution in [-0.4, -0.2) is 67.4 Å². The molecule has 2 rings (SSSR count). The molecule has 0 aliphatic carbocycles. The minimum Gasteiger partial charge on any atom is -0.469 e. The Morgan fingerprint density at radius 3 is 2.39 bits per heavy atom. The first kappa shape index (κ1) is 22.0. The number of piperazine rings is 1. The van der Waals surface area contributed by atoms with Gasteiger partial charge in [0.15, 0.2) is 0 Å². The third-order valence-corrected chi connectivity index (χ3v) is 4.79. The number of carbonyl (C=O) groups is 2. The van der Waals surface area contributed by atoms with E-state index in [0.29, 0.717) is 38.2 Å². The number of methoxy groups -OCH3 is 1. The van der Waals surface area contributed by atoms with Gasteiger partial charge in [-0.15, -0.1) is 13.2 Å². The van der Waals surface area contributed by atoms with Crippen molar-refractivity contribution in [3.05, 3.63) is 29.8 Å². The number of esters is 1. The summed E-state index contributed by atoms with van der Waals surface area (Å²) in [6, 6.07) is 5.87. The maximum Gasteiger partial charge on any atom is 0.573 e. The number of carbonyl (C=O) groups excluding carboxylic acids is 2. The molecule has 156 valence electrons. The Morgan fingerprint density at radius 2 is 1.79 bits per heavy atom. The molecule has 0 N–H and O–H groups in total. The molecular formula is C19H25F3N2O4. The Kier molecular flexibility index (Phi) is 7.68. The van der Waals surface area contributed by atoms with Crippen molar-refractivity contribution < 1.29 is 32.2 Å². The standard InChI is InChI=1S/C19H25F3N2O4/c1-14(13-18(26)27-2)23-9-11-24(12-10-23)17(25)8-7-15-5-3-4-6-16(15)28-19(20,21)22/h3-6,14H,7-13H2,1-2H3/t14-/m0/s1. The lowest BCUT2D eigenvalue weighted by Gasteiger charge is -2.37. The van der Waals surface area contributed by atoms with Gasteiger partial charge < -0.3 is 14.4 Å². The third-order valence-electron chi connectivity index (χ3n) is 4.79. The van der Waals surface area contributed by atoms with Gasteiger partial charge in [0.25, 0.3) is 0 Å². The number of amides is 1. The van der Waals surface area contributed by atoms with Crippen molar-refractivity contribution in [2.45, 2.75) is 38.6 Å². The lowest BCUT2D eigenvalue weighted by atomic mass is 10.1. The quantitative estimate of drug-likeness (QED) is 0.657. The van der Waals surface area contributed by atoms with Crippen LogP contribution in [0.25, 0.3) is 0 Å². The fraction of sp³-hybridized carbons (Fsp3) is 0.579. The highest BCUT2D eigenvalue weighted by Gasteiger charge is 2.32. The van der Waals surface area contributed by atoms with E-state index in [1.165, 1.54) is 25.3 Å². The molecule has 6 nitrogen and oxygen atoms in total. The number of ether oxygens (including phenoxy) is 2. The van der Waals surface area contributed by atoms with Crippen molar-refractivity contribution in [2.24, 2.45) is 0 Å². The second-order valence-corrected chi connectivity index (χ2v) is 6.70. The van der Waals surface area contributed by atoms with Gasteiger partial charge in [0.1, 0.15) is 5.75 Å². The molecule has 1 aliphatic heterocycles. The average molecular weight is 402 g/mol. The summed E-state index contributed by atoms with van der Waals surface area (Å²) in [5.74, 6) is -0.655. The Labute approximate surface area is 162 Å². The van der Waals surface area contributed by atoms with Crippen molar-refractivity contribution >= 4 is 11.9 Å². The smallest absolute Gasteiger partial charge is 0.469 e. The normalized spacial score (nSPS) is 16.5. The van der Waals surface area contributed by atoms with Crippen LogP contribution in [0.3, 0.4) is 0 Å². The molecule has 1 heterocycles. The average Bonchev–Trinajstić information content (AvgIpc) is 2.65. The number of alkyl halides is 3. The molecule has 0 radical (unpaired) electrons. The van der Waals surface area contributed by atoms with E-state index < -0.39 is 6.36 Å². The van der Waals surface area contributed by atoms with Crippen molar-refractivity contribution in [3.63, 3.8) is 0 Å². The van der Waals surface area contributed by atoms with Gasteiger partial charge in [-0.25, -0.2) is 0 Å². The van der Waals surface area contributed by atoms with Crippen LogP contribution in [0.2, 0.25) is 0 Å². The zero-order chi connectivity index (χ0) is 20.7. The Hall–Kier alpha value is -2.29. The Morgan fingerprint density at radius 1 is 1.14 bits per heavy atom. The molecule has 1 aromatic carbocycles. The minimum absolute atomic E-state index is 0.0242. The van der Waals surface area contributed by atoms with E-state index in [-0.39, 0.29) is 36.5 Å². The highest BCUT2D eigenvalue weighted by Crippen LogP contribution is 2.27. The number of nitrogens with zero attached hydrogens (tertiary/aromatic N) is 2. The van der Waals surface area contributed by atoms with Crippen molar-refractivity contribution in [2.75, 3.05) is 33.3 Å². The fourth-order valence-electron chi connectivity index (χ4n) is 3.20. The molecule has 1 amide bonds. The number of hydrogen-bond donors (Lipinski definition) is 0. The molecule has 0 spiro atoms. The predicted octanol–water partition coefficient (Wildman–Crippen LogP) is 2.61. The highest BCUT2D eigenvalue weighted by atomic mass is 19.4. The van der Waals surface area contributed by atoms with E-state index >= 15 is 0 Å². The molecule has 0 bridgehead atoms. The number of benzene rings is 1. The predicted molar refractivity (Wildman–Crippen MR) is 95.7 cm³/mol. The largest absolute Gasteiger partial charge is 0.573 e. The van der Waals surface area contributed by atoms with E-state index in [9.17, 15) is 22.8 Å². The van der Waals surface area contributed by atoms with Crippen LogP contribution in [0.5, 0.6) is 5.75 Å². The van der Waals surface area contributed by atoms with Crippen LogP contribution in [-0.2, 0) is 20.7 Å². The summed E-state index contributed by atoms with van der Waals surface area (Å²) in [6.07, 6.45) is -4.20. The van der Waals surface area contributed by atoms with Gasteiger partial charge in [-0.3, -0.25) is 14.5 Å². The van der Waals surface area contributed by atoms with Crippen LogP contribution in [0.15, 0.2) is 24.3 Å². The highest BCUT2D eigenvalue weighted by molar-refractivity contribution is 5.76. The lowest BCUT2D eigenvalue weighted by molar-refractivity contribution is -0.274. The number of rotatable bonds is 7. The summed E-state index contributed by atoms with van der Waals surface area (Å²) >= 11 is 0. The molecule has 1 atom stereocenters. The van der Waals surface area contributed by atoms with E-state index in [2.05, 4.69) is 14.4 Å². The maximum atomic E-state index is 12.5. The minimum atomic E-state index is -4.77. The van der Waals surface area contributed by atoms with Gasteiger partial charge in [0.2, 0.25) is 5.91 Å². The SMILES string of the molecule is COC(=O)C[C@H](C)N1CCN(C(=O)CCc2ccccc2OC(F)(F)F)CC1. The van der Waals surface area contributed by atoms with Gasteiger partial charge >= 0.3 is 12.3 Å². The van der Waals surface area contributed by atoms with Crippen LogP contribution in [0, 0.1) is 0 Å². The summed E-state index contributed by atoms with van der Waals surface area (Å²) in [6.45, 7) is 4.25. The van der Waals surface area contributed by atoms with Crippen molar-refractivity contribution in [1.29, 1.82) is 0 Å².